The summed E-state index contributed by atoms with van der Waals surface area (Å²) in [7, 11) is 2.24. The molecule has 0 saturated carbocycles. The van der Waals surface area contributed by atoms with Crippen LogP contribution in [0.5, 0.6) is 0 Å². The summed E-state index contributed by atoms with van der Waals surface area (Å²) in [6, 6.07) is 0. The number of nitrogens with zero attached hydrogens (tertiary/aromatic N) is 1. The van der Waals surface area contributed by atoms with E-state index in [1.807, 2.05) is 0 Å². The third kappa shape index (κ3) is 1.82. The predicted molar refractivity (Wildman–Crippen MR) is 54.3 cm³/mol. The molecule has 1 nitrogen and oxygen atoms in total. The minimum absolute atomic E-state index is 0.446. The molecule has 0 aromatic heterocycles. The number of hydrogen-bond donors (Lipinski definition) is 0. The summed E-state index contributed by atoms with van der Waals surface area (Å²) in [4.78, 5) is 2.47. The molecule has 0 N–H and O–H groups in total. The van der Waals surface area contributed by atoms with Gasteiger partial charge in [0.15, 0.2) is 0 Å². The standard InChI is InChI=1S/C11H23N/c1-10(2,3)11(4)7-6-8-12(5)9-11/h6-9H2,1-5H3. The van der Waals surface area contributed by atoms with E-state index < -0.39 is 0 Å². The Bertz CT molecular complexity index is 157. The average Bonchev–Trinajstić information content (AvgIpc) is 1.83. The van der Waals surface area contributed by atoms with Crippen molar-refractivity contribution in [2.75, 3.05) is 20.1 Å². The van der Waals surface area contributed by atoms with Crippen molar-refractivity contribution < 1.29 is 0 Å². The van der Waals surface area contributed by atoms with E-state index in [1.165, 1.54) is 25.9 Å². The van der Waals surface area contributed by atoms with E-state index in [0.717, 1.165) is 0 Å². The lowest BCUT2D eigenvalue weighted by molar-refractivity contribution is 0.0213. The largest absolute Gasteiger partial charge is 0.306 e. The van der Waals surface area contributed by atoms with E-state index in [4.69, 9.17) is 0 Å². The molecule has 12 heavy (non-hydrogen) atoms. The van der Waals surface area contributed by atoms with Crippen LogP contribution in [-0.2, 0) is 0 Å². The molecule has 1 rings (SSSR count). The molecule has 1 heterocycles. The Labute approximate surface area is 77.1 Å². The predicted octanol–water partition coefficient (Wildman–Crippen LogP) is 2.76. The highest BCUT2D eigenvalue weighted by Crippen LogP contribution is 2.44. The summed E-state index contributed by atoms with van der Waals surface area (Å²) >= 11 is 0. The lowest BCUT2D eigenvalue weighted by Crippen LogP contribution is -2.46. The monoisotopic (exact) mass is 169 g/mol. The first kappa shape index (κ1) is 10.0. The van der Waals surface area contributed by atoms with Gasteiger partial charge in [-0.2, -0.15) is 0 Å². The average molecular weight is 169 g/mol. The van der Waals surface area contributed by atoms with Crippen LogP contribution in [0.4, 0.5) is 0 Å². The number of rotatable bonds is 0. The normalized spacial score (nSPS) is 33.8. The van der Waals surface area contributed by atoms with Crippen LogP contribution >= 0.6 is 0 Å². The highest BCUT2D eigenvalue weighted by molar-refractivity contribution is 4.91. The van der Waals surface area contributed by atoms with E-state index in [0.29, 0.717) is 10.8 Å². The van der Waals surface area contributed by atoms with Crippen molar-refractivity contribution in [2.24, 2.45) is 10.8 Å². The molecule has 1 saturated heterocycles. The van der Waals surface area contributed by atoms with Crippen molar-refractivity contribution >= 4 is 0 Å². The van der Waals surface area contributed by atoms with E-state index in [9.17, 15) is 0 Å². The minimum atomic E-state index is 0.446. The maximum atomic E-state index is 2.47. The highest BCUT2D eigenvalue weighted by Gasteiger charge is 2.39. The van der Waals surface area contributed by atoms with Crippen molar-refractivity contribution in [1.82, 2.24) is 4.90 Å². The molecule has 0 aromatic carbocycles. The van der Waals surface area contributed by atoms with Crippen LogP contribution in [0.25, 0.3) is 0 Å². The van der Waals surface area contributed by atoms with Crippen LogP contribution in [-0.4, -0.2) is 25.0 Å². The molecule has 1 fully saturated rings. The van der Waals surface area contributed by atoms with E-state index in [1.54, 1.807) is 0 Å². The molecule has 1 heteroatoms. The summed E-state index contributed by atoms with van der Waals surface area (Å²) in [5.41, 5.74) is 0.960. The van der Waals surface area contributed by atoms with Gasteiger partial charge in [0, 0.05) is 6.54 Å². The molecule has 1 unspecified atom stereocenters. The summed E-state index contributed by atoms with van der Waals surface area (Å²) in [5, 5.41) is 0. The molecular weight excluding hydrogens is 146 g/mol. The van der Waals surface area contributed by atoms with Gasteiger partial charge < -0.3 is 4.90 Å². The highest BCUT2D eigenvalue weighted by atomic mass is 15.1. The van der Waals surface area contributed by atoms with E-state index >= 15 is 0 Å². The van der Waals surface area contributed by atoms with Gasteiger partial charge in [0.2, 0.25) is 0 Å². The second kappa shape index (κ2) is 3.02. The number of piperidine rings is 1. The molecule has 1 atom stereocenters. The minimum Gasteiger partial charge on any atom is -0.306 e. The van der Waals surface area contributed by atoms with Gasteiger partial charge in [-0.25, -0.2) is 0 Å². The van der Waals surface area contributed by atoms with Crippen molar-refractivity contribution in [3.8, 4) is 0 Å². The molecule has 72 valence electrons. The second-order valence-corrected chi connectivity index (χ2v) is 5.65. The Balaban J connectivity index is 2.70. The zero-order valence-electron chi connectivity index (χ0n) is 9.28. The topological polar surface area (TPSA) is 3.24 Å². The quantitative estimate of drug-likeness (QED) is 0.539. The fraction of sp³-hybridized carbons (Fsp3) is 1.00. The lowest BCUT2D eigenvalue weighted by Gasteiger charge is -2.48. The van der Waals surface area contributed by atoms with Crippen LogP contribution in [0.3, 0.4) is 0 Å². The van der Waals surface area contributed by atoms with Gasteiger partial charge in [0.25, 0.3) is 0 Å². The molecule has 1 aliphatic heterocycles. The smallest absolute Gasteiger partial charge is 0.00373 e. The Morgan fingerprint density at radius 3 is 2.17 bits per heavy atom. The van der Waals surface area contributed by atoms with Crippen LogP contribution in [0, 0.1) is 10.8 Å². The van der Waals surface area contributed by atoms with Gasteiger partial charge >= 0.3 is 0 Å². The molecule has 0 radical (unpaired) electrons. The molecule has 0 aromatic rings. The first-order valence-electron chi connectivity index (χ1n) is 5.04. The van der Waals surface area contributed by atoms with E-state index in [-0.39, 0.29) is 0 Å². The fourth-order valence-electron chi connectivity index (χ4n) is 2.11. The van der Waals surface area contributed by atoms with Gasteiger partial charge in [-0.1, -0.05) is 27.7 Å². The molecule has 0 spiro atoms. The maximum Gasteiger partial charge on any atom is 0.00373 e. The van der Waals surface area contributed by atoms with Crippen molar-refractivity contribution in [1.29, 1.82) is 0 Å². The summed E-state index contributed by atoms with van der Waals surface area (Å²) in [5.74, 6) is 0. The van der Waals surface area contributed by atoms with Gasteiger partial charge in [-0.3, -0.25) is 0 Å². The SMILES string of the molecule is CN1CCCC(C)(C(C)(C)C)C1. The molecular formula is C11H23N. The summed E-state index contributed by atoms with van der Waals surface area (Å²) in [6.45, 7) is 12.1. The first-order chi connectivity index (χ1) is 5.35. The van der Waals surface area contributed by atoms with Gasteiger partial charge in [-0.05, 0) is 37.3 Å². The van der Waals surface area contributed by atoms with Crippen molar-refractivity contribution in [2.45, 2.75) is 40.5 Å². The van der Waals surface area contributed by atoms with Gasteiger partial charge in [0.1, 0.15) is 0 Å². The third-order valence-corrected chi connectivity index (χ3v) is 3.70. The maximum absolute atomic E-state index is 2.47. The Morgan fingerprint density at radius 2 is 1.83 bits per heavy atom. The zero-order valence-corrected chi connectivity index (χ0v) is 9.28. The van der Waals surface area contributed by atoms with Crippen LogP contribution in [0.2, 0.25) is 0 Å². The second-order valence-electron chi connectivity index (χ2n) is 5.65. The van der Waals surface area contributed by atoms with Crippen LogP contribution in [0.15, 0.2) is 0 Å². The fourth-order valence-corrected chi connectivity index (χ4v) is 2.11. The van der Waals surface area contributed by atoms with Crippen LogP contribution < -0.4 is 0 Å². The lowest BCUT2D eigenvalue weighted by atomic mass is 9.64. The van der Waals surface area contributed by atoms with Crippen molar-refractivity contribution in [3.63, 3.8) is 0 Å². The molecule has 0 amide bonds. The Hall–Kier alpha value is -0.0400. The van der Waals surface area contributed by atoms with Crippen LogP contribution in [0.1, 0.15) is 40.5 Å². The summed E-state index contributed by atoms with van der Waals surface area (Å²) < 4.78 is 0. The molecule has 1 aliphatic rings. The van der Waals surface area contributed by atoms with Crippen molar-refractivity contribution in [3.05, 3.63) is 0 Å². The Kier molecular flexibility index (Phi) is 2.53. The van der Waals surface area contributed by atoms with E-state index in [2.05, 4.69) is 39.6 Å². The number of likely N-dealkylation sites (tertiary alicyclic amines) is 1. The van der Waals surface area contributed by atoms with Gasteiger partial charge in [0.05, 0.1) is 0 Å². The number of hydrogen-bond acceptors (Lipinski definition) is 1. The zero-order chi connectivity index (χ0) is 9.41. The van der Waals surface area contributed by atoms with Gasteiger partial charge in [-0.15, -0.1) is 0 Å². The molecule has 0 aliphatic carbocycles. The third-order valence-electron chi connectivity index (χ3n) is 3.70. The first-order valence-corrected chi connectivity index (χ1v) is 5.04. The molecule has 0 bridgehead atoms. The summed E-state index contributed by atoms with van der Waals surface area (Å²) in [6.07, 6.45) is 2.76. The Morgan fingerprint density at radius 1 is 1.25 bits per heavy atom.